The highest BCUT2D eigenvalue weighted by molar-refractivity contribution is 6.18. The van der Waals surface area contributed by atoms with Crippen molar-refractivity contribution in [3.63, 3.8) is 0 Å². The Balaban J connectivity index is 1.74. The SMILES string of the molecule is Cc1c([C@@H](O)CN2CCC(C)(CCl)C2)ccc2c1COC2=O. The molecule has 5 heteroatoms. The first-order valence-corrected chi connectivity index (χ1v) is 8.23. The highest BCUT2D eigenvalue weighted by atomic mass is 35.5. The number of hydrogen-bond donors (Lipinski definition) is 1. The second kappa shape index (κ2) is 5.84. The van der Waals surface area contributed by atoms with Gasteiger partial charge in [-0.1, -0.05) is 13.0 Å². The predicted octanol–water partition coefficient (Wildman–Crippen LogP) is 2.65. The van der Waals surface area contributed by atoms with Crippen LogP contribution in [0.5, 0.6) is 0 Å². The molecule has 1 unspecified atom stereocenters. The lowest BCUT2D eigenvalue weighted by molar-refractivity contribution is 0.0535. The van der Waals surface area contributed by atoms with Crippen LogP contribution in [-0.4, -0.2) is 41.5 Å². The molecule has 22 heavy (non-hydrogen) atoms. The molecule has 0 aromatic heterocycles. The van der Waals surface area contributed by atoms with Gasteiger partial charge >= 0.3 is 5.97 Å². The Morgan fingerprint density at radius 3 is 2.95 bits per heavy atom. The van der Waals surface area contributed by atoms with Crippen molar-refractivity contribution in [2.24, 2.45) is 5.41 Å². The third-order valence-electron chi connectivity index (χ3n) is 4.96. The molecule has 1 aromatic carbocycles. The number of cyclic esters (lactones) is 1. The van der Waals surface area contributed by atoms with Gasteiger partial charge in [0.25, 0.3) is 0 Å². The summed E-state index contributed by atoms with van der Waals surface area (Å²) in [5, 5.41) is 10.6. The second-order valence-electron chi connectivity index (χ2n) is 6.83. The average Bonchev–Trinajstić information content (AvgIpc) is 3.05. The van der Waals surface area contributed by atoms with E-state index in [2.05, 4.69) is 11.8 Å². The number of fused-ring (bicyclic) bond motifs is 1. The van der Waals surface area contributed by atoms with Gasteiger partial charge in [0.2, 0.25) is 0 Å². The van der Waals surface area contributed by atoms with E-state index in [1.54, 1.807) is 6.07 Å². The van der Waals surface area contributed by atoms with E-state index in [0.717, 1.165) is 36.2 Å². The number of likely N-dealkylation sites (tertiary alicyclic amines) is 1. The highest BCUT2D eigenvalue weighted by Gasteiger charge is 2.34. The molecule has 3 rings (SSSR count). The number of carbonyl (C=O) groups excluding carboxylic acids is 1. The molecule has 4 nitrogen and oxygen atoms in total. The summed E-state index contributed by atoms with van der Waals surface area (Å²) in [4.78, 5) is 13.8. The summed E-state index contributed by atoms with van der Waals surface area (Å²) in [5.41, 5.74) is 3.54. The summed E-state index contributed by atoms with van der Waals surface area (Å²) in [6, 6.07) is 3.62. The van der Waals surface area contributed by atoms with Crippen LogP contribution in [0.2, 0.25) is 0 Å². The molecular formula is C17H22ClNO3. The van der Waals surface area contributed by atoms with Crippen LogP contribution in [0, 0.1) is 12.3 Å². The van der Waals surface area contributed by atoms with Gasteiger partial charge in [0.1, 0.15) is 6.61 Å². The summed E-state index contributed by atoms with van der Waals surface area (Å²) in [6.45, 7) is 6.93. The first kappa shape index (κ1) is 15.8. The van der Waals surface area contributed by atoms with Gasteiger partial charge in [0.15, 0.2) is 0 Å². The van der Waals surface area contributed by atoms with Crippen molar-refractivity contribution < 1.29 is 14.6 Å². The number of β-amino-alcohol motifs (C(OH)–C–C–N with tert-alkyl or cyclic N) is 1. The van der Waals surface area contributed by atoms with Crippen molar-refractivity contribution in [3.05, 3.63) is 34.4 Å². The van der Waals surface area contributed by atoms with E-state index in [9.17, 15) is 9.90 Å². The number of carbonyl (C=O) groups is 1. The Morgan fingerprint density at radius 1 is 1.50 bits per heavy atom. The smallest absolute Gasteiger partial charge is 0.338 e. The maximum atomic E-state index is 11.6. The summed E-state index contributed by atoms with van der Waals surface area (Å²) in [7, 11) is 0. The Kier molecular flexibility index (Phi) is 4.19. The minimum absolute atomic E-state index is 0.147. The number of alkyl halides is 1. The highest BCUT2D eigenvalue weighted by Crippen LogP contribution is 2.33. The summed E-state index contributed by atoms with van der Waals surface area (Å²) in [6.07, 6.45) is 0.507. The number of benzene rings is 1. The number of halogens is 1. The van der Waals surface area contributed by atoms with E-state index >= 15 is 0 Å². The molecule has 0 amide bonds. The molecule has 1 N–H and O–H groups in total. The zero-order valence-corrected chi connectivity index (χ0v) is 13.8. The number of ether oxygens (including phenoxy) is 1. The van der Waals surface area contributed by atoms with Gasteiger partial charge in [-0.3, -0.25) is 4.90 Å². The van der Waals surface area contributed by atoms with Gasteiger partial charge < -0.3 is 9.84 Å². The van der Waals surface area contributed by atoms with E-state index in [0.29, 0.717) is 24.6 Å². The van der Waals surface area contributed by atoms with Gasteiger partial charge in [-0.05, 0) is 42.5 Å². The fraction of sp³-hybridized carbons (Fsp3) is 0.588. The van der Waals surface area contributed by atoms with Crippen LogP contribution in [0.15, 0.2) is 12.1 Å². The number of rotatable bonds is 4. The van der Waals surface area contributed by atoms with Gasteiger partial charge in [-0.15, -0.1) is 11.6 Å². The number of nitrogens with zero attached hydrogens (tertiary/aromatic N) is 1. The average molecular weight is 324 g/mol. The monoisotopic (exact) mass is 323 g/mol. The summed E-state index contributed by atoms with van der Waals surface area (Å²) in [5.74, 6) is 0.383. The normalized spacial score (nSPS) is 26.1. The lowest BCUT2D eigenvalue weighted by atomic mass is 9.93. The molecule has 2 aliphatic heterocycles. The van der Waals surface area contributed by atoms with Crippen molar-refractivity contribution in [3.8, 4) is 0 Å². The zero-order chi connectivity index (χ0) is 15.9. The molecule has 2 heterocycles. The molecule has 0 radical (unpaired) electrons. The molecular weight excluding hydrogens is 302 g/mol. The topological polar surface area (TPSA) is 49.8 Å². The van der Waals surface area contributed by atoms with E-state index in [4.69, 9.17) is 16.3 Å². The quantitative estimate of drug-likeness (QED) is 0.683. The Hall–Kier alpha value is -1.10. The first-order valence-electron chi connectivity index (χ1n) is 7.69. The second-order valence-corrected chi connectivity index (χ2v) is 7.09. The van der Waals surface area contributed by atoms with Crippen molar-refractivity contribution >= 4 is 17.6 Å². The van der Waals surface area contributed by atoms with E-state index in [1.165, 1.54) is 0 Å². The van der Waals surface area contributed by atoms with Crippen molar-refractivity contribution in [1.82, 2.24) is 4.90 Å². The number of hydrogen-bond acceptors (Lipinski definition) is 4. The number of aliphatic hydroxyl groups is 1. The van der Waals surface area contributed by atoms with E-state index in [1.807, 2.05) is 13.0 Å². The third kappa shape index (κ3) is 2.75. The molecule has 0 aliphatic carbocycles. The third-order valence-corrected chi connectivity index (χ3v) is 5.60. The van der Waals surface area contributed by atoms with Crippen LogP contribution in [0.3, 0.4) is 0 Å². The van der Waals surface area contributed by atoms with Crippen molar-refractivity contribution in [2.75, 3.05) is 25.5 Å². The molecule has 1 aromatic rings. The molecule has 2 aliphatic rings. The standard InChI is InChI=1S/C17H22ClNO3/c1-11-12(3-4-13-14(11)8-22-16(13)21)15(20)7-19-6-5-17(2,9-18)10-19/h3-4,15,20H,5-10H2,1-2H3/t15-,17?/m0/s1. The number of aliphatic hydroxyl groups excluding tert-OH is 1. The van der Waals surface area contributed by atoms with Crippen LogP contribution < -0.4 is 0 Å². The maximum absolute atomic E-state index is 11.6. The molecule has 0 spiro atoms. The van der Waals surface area contributed by atoms with Crippen LogP contribution in [0.25, 0.3) is 0 Å². The van der Waals surface area contributed by atoms with Gasteiger partial charge in [-0.25, -0.2) is 4.79 Å². The van der Waals surface area contributed by atoms with Gasteiger partial charge in [-0.2, -0.15) is 0 Å². The van der Waals surface area contributed by atoms with E-state index in [-0.39, 0.29) is 11.4 Å². The molecule has 120 valence electrons. The predicted molar refractivity (Wildman–Crippen MR) is 85.1 cm³/mol. The fourth-order valence-corrected chi connectivity index (χ4v) is 3.68. The molecule has 0 saturated carbocycles. The van der Waals surface area contributed by atoms with Crippen LogP contribution in [-0.2, 0) is 11.3 Å². The van der Waals surface area contributed by atoms with Gasteiger partial charge in [0.05, 0.1) is 11.7 Å². The lowest BCUT2D eigenvalue weighted by Crippen LogP contribution is -2.30. The minimum atomic E-state index is -0.557. The lowest BCUT2D eigenvalue weighted by Gasteiger charge is -2.24. The summed E-state index contributed by atoms with van der Waals surface area (Å²) >= 11 is 6.04. The molecule has 1 saturated heterocycles. The van der Waals surface area contributed by atoms with Crippen LogP contribution >= 0.6 is 11.6 Å². The Labute approximate surface area is 136 Å². The Bertz CT molecular complexity index is 604. The van der Waals surface area contributed by atoms with Crippen molar-refractivity contribution in [1.29, 1.82) is 0 Å². The minimum Gasteiger partial charge on any atom is -0.457 e. The fourth-order valence-electron chi connectivity index (χ4n) is 3.46. The maximum Gasteiger partial charge on any atom is 0.338 e. The van der Waals surface area contributed by atoms with Crippen molar-refractivity contribution in [2.45, 2.75) is 33.0 Å². The van der Waals surface area contributed by atoms with Gasteiger partial charge in [0, 0.05) is 24.5 Å². The molecule has 1 fully saturated rings. The molecule has 0 bridgehead atoms. The first-order chi connectivity index (χ1) is 10.4. The Morgan fingerprint density at radius 2 is 2.27 bits per heavy atom. The van der Waals surface area contributed by atoms with E-state index < -0.39 is 6.10 Å². The van der Waals surface area contributed by atoms with Crippen LogP contribution in [0.4, 0.5) is 0 Å². The zero-order valence-electron chi connectivity index (χ0n) is 13.1. The largest absolute Gasteiger partial charge is 0.457 e. The molecule has 2 atom stereocenters. The number of esters is 1. The van der Waals surface area contributed by atoms with Crippen LogP contribution in [0.1, 0.15) is 46.5 Å². The summed E-state index contributed by atoms with van der Waals surface area (Å²) < 4.78 is 5.07.